The minimum Gasteiger partial charge on any atom is -0.487 e. The summed E-state index contributed by atoms with van der Waals surface area (Å²) in [5.74, 6) is 1.01. The Balaban J connectivity index is 1.49. The van der Waals surface area contributed by atoms with E-state index in [0.29, 0.717) is 23.8 Å². The normalized spacial score (nSPS) is 18.9. The van der Waals surface area contributed by atoms with Gasteiger partial charge in [-0.1, -0.05) is 61.5 Å². The van der Waals surface area contributed by atoms with Crippen LogP contribution < -0.4 is 10.1 Å². The summed E-state index contributed by atoms with van der Waals surface area (Å²) in [6, 6.07) is 30.0. The van der Waals surface area contributed by atoms with Crippen molar-refractivity contribution in [2.75, 3.05) is 6.54 Å². The van der Waals surface area contributed by atoms with Gasteiger partial charge >= 0.3 is 0 Å². The van der Waals surface area contributed by atoms with Crippen LogP contribution in [0.1, 0.15) is 46.9 Å². The highest BCUT2D eigenvalue weighted by Gasteiger charge is 2.46. The highest BCUT2D eigenvalue weighted by molar-refractivity contribution is 5.96. The van der Waals surface area contributed by atoms with E-state index in [0.717, 1.165) is 35.0 Å². The highest BCUT2D eigenvalue weighted by atomic mass is 16.5. The maximum Gasteiger partial charge on any atom is 0.252 e. The van der Waals surface area contributed by atoms with Crippen LogP contribution in [0, 0.1) is 17.2 Å². The van der Waals surface area contributed by atoms with Crippen molar-refractivity contribution in [1.82, 2.24) is 10.3 Å². The van der Waals surface area contributed by atoms with Gasteiger partial charge in [0.05, 0.1) is 17.3 Å². The zero-order chi connectivity index (χ0) is 24.3. The summed E-state index contributed by atoms with van der Waals surface area (Å²) in [7, 11) is 0. The van der Waals surface area contributed by atoms with Gasteiger partial charge in [0.1, 0.15) is 18.9 Å². The summed E-state index contributed by atoms with van der Waals surface area (Å²) in [6.45, 7) is 2.54. The number of rotatable bonds is 7. The molecule has 0 radical (unpaired) electrons. The molecule has 1 fully saturated rings. The number of ether oxygens (including phenoxy) is 1. The molecule has 0 aliphatic heterocycles. The molecular formula is C30H27N3O2. The average molecular weight is 462 g/mol. The van der Waals surface area contributed by atoms with E-state index in [1.54, 1.807) is 0 Å². The van der Waals surface area contributed by atoms with Crippen molar-refractivity contribution in [3.63, 3.8) is 0 Å². The molecule has 5 nitrogen and oxygen atoms in total. The third-order valence-corrected chi connectivity index (χ3v) is 6.84. The predicted octanol–water partition coefficient (Wildman–Crippen LogP) is 5.78. The number of hydrogen-bond donors (Lipinski definition) is 1. The largest absolute Gasteiger partial charge is 0.487 e. The van der Waals surface area contributed by atoms with Gasteiger partial charge in [-0.2, -0.15) is 5.26 Å². The molecular weight excluding hydrogens is 434 g/mol. The van der Waals surface area contributed by atoms with Crippen molar-refractivity contribution in [2.45, 2.75) is 31.8 Å². The zero-order valence-electron chi connectivity index (χ0n) is 19.7. The number of benzene rings is 3. The molecule has 0 atom stereocenters. The summed E-state index contributed by atoms with van der Waals surface area (Å²) in [4.78, 5) is 17.7. The standard InChI is InChI=1S/C30H27N3O2/c1-21-18-30(19-21,23-8-3-2-4-9-23)27-17-25(13-14-26(27)29(34)32-16-15-31)35-20-24-12-11-22-7-5-6-10-28(22)33-24/h2-14,17,21H,16,18-20H2,1H3,(H,32,34). The minimum atomic E-state index is -0.263. The fourth-order valence-electron chi connectivity index (χ4n) is 5.27. The van der Waals surface area contributed by atoms with Gasteiger partial charge < -0.3 is 10.1 Å². The maximum absolute atomic E-state index is 13.0. The Bertz CT molecular complexity index is 1400. The number of nitrogens with zero attached hydrogens (tertiary/aromatic N) is 2. The molecule has 1 amide bonds. The lowest BCUT2D eigenvalue weighted by Gasteiger charge is -2.48. The first-order valence-electron chi connectivity index (χ1n) is 11.9. The lowest BCUT2D eigenvalue weighted by molar-refractivity contribution is 0.0952. The van der Waals surface area contributed by atoms with Crippen molar-refractivity contribution in [3.8, 4) is 11.8 Å². The van der Waals surface area contributed by atoms with Crippen molar-refractivity contribution in [1.29, 1.82) is 5.26 Å². The summed E-state index contributed by atoms with van der Waals surface area (Å²) >= 11 is 0. The van der Waals surface area contributed by atoms with Crippen molar-refractivity contribution >= 4 is 16.8 Å². The minimum absolute atomic E-state index is 0.0289. The van der Waals surface area contributed by atoms with Crippen LogP contribution in [0.25, 0.3) is 10.9 Å². The monoisotopic (exact) mass is 461 g/mol. The summed E-state index contributed by atoms with van der Waals surface area (Å²) in [5.41, 5.74) is 4.25. The van der Waals surface area contributed by atoms with Gasteiger partial charge in [0.15, 0.2) is 0 Å². The molecule has 35 heavy (non-hydrogen) atoms. The van der Waals surface area contributed by atoms with Gasteiger partial charge in [0.2, 0.25) is 0 Å². The Hall–Kier alpha value is -4.17. The second-order valence-electron chi connectivity index (χ2n) is 9.29. The molecule has 0 unspecified atom stereocenters. The van der Waals surface area contributed by atoms with E-state index in [1.807, 2.05) is 72.8 Å². The highest BCUT2D eigenvalue weighted by Crippen LogP contribution is 2.53. The molecule has 1 heterocycles. The Labute approximate surface area is 205 Å². The lowest BCUT2D eigenvalue weighted by Crippen LogP contribution is -2.43. The zero-order valence-corrected chi connectivity index (χ0v) is 19.7. The molecule has 174 valence electrons. The van der Waals surface area contributed by atoms with Crippen LogP contribution in [-0.4, -0.2) is 17.4 Å². The Morgan fingerprint density at radius 3 is 2.60 bits per heavy atom. The number of para-hydroxylation sites is 1. The summed E-state index contributed by atoms with van der Waals surface area (Å²) in [6.07, 6.45) is 1.90. The SMILES string of the molecule is CC1CC(c2ccccc2)(c2cc(OCc3ccc4ccccc4n3)ccc2C(=O)NCC#N)C1. The molecule has 4 aromatic rings. The van der Waals surface area contributed by atoms with Crippen molar-refractivity contribution < 1.29 is 9.53 Å². The van der Waals surface area contributed by atoms with E-state index in [2.05, 4.69) is 30.4 Å². The molecule has 1 N–H and O–H groups in total. The third-order valence-electron chi connectivity index (χ3n) is 6.84. The van der Waals surface area contributed by atoms with Crippen molar-refractivity contribution in [2.24, 2.45) is 5.92 Å². The van der Waals surface area contributed by atoms with E-state index >= 15 is 0 Å². The number of pyridine rings is 1. The van der Waals surface area contributed by atoms with E-state index < -0.39 is 0 Å². The summed E-state index contributed by atoms with van der Waals surface area (Å²) in [5, 5.41) is 12.8. The lowest BCUT2D eigenvalue weighted by atomic mass is 9.55. The van der Waals surface area contributed by atoms with Crippen LogP contribution in [0.5, 0.6) is 5.75 Å². The number of aromatic nitrogens is 1. The number of carbonyl (C=O) groups excluding carboxylic acids is 1. The van der Waals surface area contributed by atoms with E-state index in [4.69, 9.17) is 15.0 Å². The van der Waals surface area contributed by atoms with E-state index in [-0.39, 0.29) is 17.9 Å². The third kappa shape index (κ3) is 4.48. The van der Waals surface area contributed by atoms with Crippen LogP contribution in [0.2, 0.25) is 0 Å². The molecule has 1 aliphatic carbocycles. The fraction of sp³-hybridized carbons (Fsp3) is 0.233. The smallest absolute Gasteiger partial charge is 0.252 e. The number of fused-ring (bicyclic) bond motifs is 1. The van der Waals surface area contributed by atoms with Crippen LogP contribution in [0.3, 0.4) is 0 Å². The first kappa shape index (κ1) is 22.6. The number of carbonyl (C=O) groups is 1. The number of nitrogens with one attached hydrogen (secondary N) is 1. The molecule has 1 saturated carbocycles. The molecule has 0 bridgehead atoms. The van der Waals surface area contributed by atoms with E-state index in [9.17, 15) is 4.79 Å². The quantitative estimate of drug-likeness (QED) is 0.354. The molecule has 3 aromatic carbocycles. The average Bonchev–Trinajstić information content (AvgIpc) is 2.89. The summed E-state index contributed by atoms with van der Waals surface area (Å²) < 4.78 is 6.18. The van der Waals surface area contributed by atoms with Crippen LogP contribution in [0.4, 0.5) is 0 Å². The van der Waals surface area contributed by atoms with Gasteiger partial charge in [-0.3, -0.25) is 4.79 Å². The molecule has 5 rings (SSSR count). The maximum atomic E-state index is 13.0. The van der Waals surface area contributed by atoms with Crippen LogP contribution >= 0.6 is 0 Å². The Kier molecular flexibility index (Phi) is 6.20. The van der Waals surface area contributed by atoms with Gasteiger partial charge in [0, 0.05) is 16.4 Å². The molecule has 1 aromatic heterocycles. The number of hydrogen-bond acceptors (Lipinski definition) is 4. The van der Waals surface area contributed by atoms with Gasteiger partial charge in [-0.05, 0) is 60.2 Å². The topological polar surface area (TPSA) is 75.0 Å². The molecule has 1 aliphatic rings. The second kappa shape index (κ2) is 9.60. The number of nitriles is 1. The predicted molar refractivity (Wildman–Crippen MR) is 136 cm³/mol. The molecule has 5 heteroatoms. The van der Waals surface area contributed by atoms with Gasteiger partial charge in [0.25, 0.3) is 5.91 Å². The van der Waals surface area contributed by atoms with Crippen LogP contribution in [-0.2, 0) is 12.0 Å². The first-order valence-corrected chi connectivity index (χ1v) is 11.9. The van der Waals surface area contributed by atoms with Crippen molar-refractivity contribution in [3.05, 3.63) is 107 Å². The first-order chi connectivity index (χ1) is 17.1. The van der Waals surface area contributed by atoms with E-state index in [1.165, 1.54) is 5.56 Å². The Morgan fingerprint density at radius 1 is 1.06 bits per heavy atom. The molecule has 0 spiro atoms. The molecule has 0 saturated heterocycles. The Morgan fingerprint density at radius 2 is 1.83 bits per heavy atom. The fourth-order valence-corrected chi connectivity index (χ4v) is 5.27. The second-order valence-corrected chi connectivity index (χ2v) is 9.29. The van der Waals surface area contributed by atoms with Crippen LogP contribution in [0.15, 0.2) is 84.9 Å². The van der Waals surface area contributed by atoms with Gasteiger partial charge in [-0.15, -0.1) is 0 Å². The van der Waals surface area contributed by atoms with Gasteiger partial charge in [-0.25, -0.2) is 4.98 Å². The number of amides is 1.